The number of hydrogen-bond donors (Lipinski definition) is 2. The van der Waals surface area contributed by atoms with Crippen LogP contribution in [0.15, 0.2) is 0 Å². The SMILES string of the molecule is CCc1c(O)c(F)c(O)c(C(=O)CF)c1F. The van der Waals surface area contributed by atoms with Gasteiger partial charge in [0.1, 0.15) is 11.4 Å². The molecule has 0 aliphatic rings. The molecule has 0 saturated heterocycles. The van der Waals surface area contributed by atoms with Crippen LogP contribution in [0.2, 0.25) is 0 Å². The van der Waals surface area contributed by atoms with Crippen LogP contribution < -0.4 is 0 Å². The van der Waals surface area contributed by atoms with E-state index in [1.54, 1.807) is 0 Å². The van der Waals surface area contributed by atoms with Gasteiger partial charge in [-0.3, -0.25) is 4.79 Å². The summed E-state index contributed by atoms with van der Waals surface area (Å²) in [5.74, 6) is -6.61. The number of Topliss-reactive ketones (excluding diaryl/α,β-unsaturated/α-hetero) is 1. The second kappa shape index (κ2) is 4.42. The molecule has 16 heavy (non-hydrogen) atoms. The van der Waals surface area contributed by atoms with E-state index in [1.807, 2.05) is 0 Å². The van der Waals surface area contributed by atoms with Crippen LogP contribution >= 0.6 is 0 Å². The standard InChI is InChI=1S/C10H9F3O3/c1-2-4-7(12)6(5(14)3-11)10(16)8(13)9(4)15/h15-16H,2-3H2,1H3. The van der Waals surface area contributed by atoms with Crippen LogP contribution in [-0.4, -0.2) is 22.7 Å². The molecule has 1 aromatic rings. The topological polar surface area (TPSA) is 57.5 Å². The zero-order valence-electron chi connectivity index (χ0n) is 8.35. The maximum Gasteiger partial charge on any atom is 0.207 e. The molecule has 0 spiro atoms. The maximum absolute atomic E-state index is 13.5. The van der Waals surface area contributed by atoms with Crippen molar-refractivity contribution in [1.82, 2.24) is 0 Å². The molecule has 6 heteroatoms. The van der Waals surface area contributed by atoms with E-state index in [-0.39, 0.29) is 6.42 Å². The largest absolute Gasteiger partial charge is 0.504 e. The second-order valence-corrected chi connectivity index (χ2v) is 3.09. The third-order valence-corrected chi connectivity index (χ3v) is 2.18. The molecule has 0 saturated carbocycles. The highest BCUT2D eigenvalue weighted by Crippen LogP contribution is 2.36. The average molecular weight is 234 g/mol. The predicted molar refractivity (Wildman–Crippen MR) is 49.4 cm³/mol. The number of carbonyl (C=O) groups excluding carboxylic acids is 1. The first-order valence-corrected chi connectivity index (χ1v) is 4.46. The molecule has 0 unspecified atom stereocenters. The van der Waals surface area contributed by atoms with Crippen LogP contribution in [0.25, 0.3) is 0 Å². The number of phenols is 2. The number of phenolic OH excluding ortho intramolecular Hbond substituents is 2. The monoisotopic (exact) mass is 234 g/mol. The fourth-order valence-electron chi connectivity index (χ4n) is 1.36. The van der Waals surface area contributed by atoms with Crippen molar-refractivity contribution in [3.05, 3.63) is 22.8 Å². The van der Waals surface area contributed by atoms with Crippen LogP contribution in [0.4, 0.5) is 13.2 Å². The van der Waals surface area contributed by atoms with E-state index in [0.29, 0.717) is 0 Å². The van der Waals surface area contributed by atoms with Crippen molar-refractivity contribution in [3.63, 3.8) is 0 Å². The maximum atomic E-state index is 13.5. The molecule has 1 rings (SSSR count). The van der Waals surface area contributed by atoms with E-state index < -0.39 is 46.7 Å². The van der Waals surface area contributed by atoms with E-state index in [9.17, 15) is 18.0 Å². The van der Waals surface area contributed by atoms with Crippen LogP contribution in [0, 0.1) is 11.6 Å². The Labute approximate surface area is 89.1 Å². The molecule has 3 nitrogen and oxygen atoms in total. The minimum absolute atomic E-state index is 0.0958. The van der Waals surface area contributed by atoms with Crippen molar-refractivity contribution in [1.29, 1.82) is 0 Å². The summed E-state index contributed by atoms with van der Waals surface area (Å²) in [6.45, 7) is -0.143. The molecule has 0 heterocycles. The van der Waals surface area contributed by atoms with E-state index >= 15 is 0 Å². The molecule has 88 valence electrons. The van der Waals surface area contributed by atoms with E-state index in [2.05, 4.69) is 0 Å². The first kappa shape index (κ1) is 12.4. The summed E-state index contributed by atoms with van der Waals surface area (Å²) >= 11 is 0. The van der Waals surface area contributed by atoms with E-state index in [1.165, 1.54) is 6.92 Å². The number of benzene rings is 1. The van der Waals surface area contributed by atoms with Crippen LogP contribution in [-0.2, 0) is 6.42 Å². The Morgan fingerprint density at radius 3 is 2.19 bits per heavy atom. The minimum Gasteiger partial charge on any atom is -0.504 e. The lowest BCUT2D eigenvalue weighted by atomic mass is 10.0. The molecule has 0 aliphatic heterocycles. The first-order chi connectivity index (χ1) is 7.45. The molecule has 0 radical (unpaired) electrons. The summed E-state index contributed by atoms with van der Waals surface area (Å²) in [4.78, 5) is 11.0. The van der Waals surface area contributed by atoms with E-state index in [0.717, 1.165) is 0 Å². The van der Waals surface area contributed by atoms with Crippen molar-refractivity contribution in [2.45, 2.75) is 13.3 Å². The molecule has 0 bridgehead atoms. The van der Waals surface area contributed by atoms with Crippen molar-refractivity contribution in [2.24, 2.45) is 0 Å². The number of halogens is 3. The summed E-state index contributed by atoms with van der Waals surface area (Å²) in [5, 5.41) is 18.3. The van der Waals surface area contributed by atoms with Gasteiger partial charge in [-0.2, -0.15) is 4.39 Å². The summed E-state index contributed by atoms with van der Waals surface area (Å²) < 4.78 is 38.8. The predicted octanol–water partition coefficient (Wildman–Crippen LogP) is 2.09. The number of rotatable bonds is 3. The van der Waals surface area contributed by atoms with Gasteiger partial charge >= 0.3 is 0 Å². The van der Waals surface area contributed by atoms with Crippen molar-refractivity contribution in [3.8, 4) is 11.5 Å². The Bertz CT molecular complexity index is 444. The smallest absolute Gasteiger partial charge is 0.207 e. The zero-order chi connectivity index (χ0) is 12.5. The summed E-state index contributed by atoms with van der Waals surface area (Å²) in [7, 11) is 0. The van der Waals surface area contributed by atoms with Crippen LogP contribution in [0.5, 0.6) is 11.5 Å². The highest BCUT2D eigenvalue weighted by atomic mass is 19.1. The van der Waals surface area contributed by atoms with Crippen molar-refractivity contribution in [2.75, 3.05) is 6.67 Å². The fourth-order valence-corrected chi connectivity index (χ4v) is 1.36. The lowest BCUT2D eigenvalue weighted by molar-refractivity contribution is 0.0950. The van der Waals surface area contributed by atoms with E-state index in [4.69, 9.17) is 10.2 Å². The van der Waals surface area contributed by atoms with Gasteiger partial charge in [-0.1, -0.05) is 6.92 Å². The molecule has 0 fully saturated rings. The Kier molecular flexibility index (Phi) is 3.41. The lowest BCUT2D eigenvalue weighted by Crippen LogP contribution is -2.09. The normalized spacial score (nSPS) is 10.5. The van der Waals surface area contributed by atoms with Crippen LogP contribution in [0.3, 0.4) is 0 Å². The van der Waals surface area contributed by atoms with Gasteiger partial charge in [0, 0.05) is 5.56 Å². The number of ketones is 1. The third kappa shape index (κ3) is 1.70. The van der Waals surface area contributed by atoms with Gasteiger partial charge in [-0.25, -0.2) is 8.78 Å². The summed E-state index contributed by atoms with van der Waals surface area (Å²) in [6.07, 6.45) is -0.0958. The van der Waals surface area contributed by atoms with Crippen LogP contribution in [0.1, 0.15) is 22.8 Å². The molecule has 2 N–H and O–H groups in total. The van der Waals surface area contributed by atoms with Crippen molar-refractivity contribution >= 4 is 5.78 Å². The molecule has 0 atom stereocenters. The molecule has 0 aliphatic carbocycles. The lowest BCUT2D eigenvalue weighted by Gasteiger charge is -2.10. The van der Waals surface area contributed by atoms with Gasteiger partial charge in [0.15, 0.2) is 18.2 Å². The highest BCUT2D eigenvalue weighted by molar-refractivity contribution is 6.00. The van der Waals surface area contributed by atoms with Gasteiger partial charge in [0.05, 0.1) is 0 Å². The summed E-state index contributed by atoms with van der Waals surface area (Å²) in [5.41, 5.74) is -1.53. The number of hydrogen-bond acceptors (Lipinski definition) is 3. The number of alkyl halides is 1. The van der Waals surface area contributed by atoms with Gasteiger partial charge in [0.2, 0.25) is 11.6 Å². The Hall–Kier alpha value is -1.72. The Balaban J connectivity index is 3.62. The quantitative estimate of drug-likeness (QED) is 0.787. The number of aromatic hydroxyl groups is 2. The molecule has 0 aromatic heterocycles. The van der Waals surface area contributed by atoms with Gasteiger partial charge in [-0.05, 0) is 6.42 Å². The first-order valence-electron chi connectivity index (χ1n) is 4.46. The fraction of sp³-hybridized carbons (Fsp3) is 0.300. The molecule has 0 amide bonds. The molecular weight excluding hydrogens is 225 g/mol. The minimum atomic E-state index is -1.56. The summed E-state index contributed by atoms with van der Waals surface area (Å²) in [6, 6.07) is 0. The zero-order valence-corrected chi connectivity index (χ0v) is 8.35. The van der Waals surface area contributed by atoms with Gasteiger partial charge < -0.3 is 10.2 Å². The third-order valence-electron chi connectivity index (χ3n) is 2.18. The van der Waals surface area contributed by atoms with Gasteiger partial charge in [-0.15, -0.1) is 0 Å². The van der Waals surface area contributed by atoms with Gasteiger partial charge in [0.25, 0.3) is 0 Å². The number of carbonyl (C=O) groups is 1. The second-order valence-electron chi connectivity index (χ2n) is 3.09. The Morgan fingerprint density at radius 2 is 1.75 bits per heavy atom. The van der Waals surface area contributed by atoms with Crippen molar-refractivity contribution < 1.29 is 28.2 Å². The molecule has 1 aromatic carbocycles. The molecular formula is C10H9F3O3. The average Bonchev–Trinajstić information content (AvgIpc) is 2.27. The Morgan fingerprint density at radius 1 is 1.19 bits per heavy atom. The highest BCUT2D eigenvalue weighted by Gasteiger charge is 2.27.